The van der Waals surface area contributed by atoms with Gasteiger partial charge >= 0.3 is 5.97 Å². The number of thiazole rings is 1. The summed E-state index contributed by atoms with van der Waals surface area (Å²) in [6.07, 6.45) is 0. The summed E-state index contributed by atoms with van der Waals surface area (Å²) in [6, 6.07) is 0.340. The van der Waals surface area contributed by atoms with Gasteiger partial charge in [-0.2, -0.15) is 0 Å². The second-order valence-corrected chi connectivity index (χ2v) is 5.48. The minimum atomic E-state index is -0.953. The van der Waals surface area contributed by atoms with Crippen LogP contribution in [0.2, 0.25) is 0 Å². The van der Waals surface area contributed by atoms with E-state index in [2.05, 4.69) is 25.8 Å². The maximum atomic E-state index is 10.9. The van der Waals surface area contributed by atoms with E-state index in [9.17, 15) is 4.79 Å². The third kappa shape index (κ3) is 2.52. The van der Waals surface area contributed by atoms with Crippen LogP contribution < -0.4 is 4.90 Å². The lowest BCUT2D eigenvalue weighted by Gasteiger charge is -2.27. The van der Waals surface area contributed by atoms with Crippen molar-refractivity contribution < 1.29 is 9.90 Å². The summed E-state index contributed by atoms with van der Waals surface area (Å²) in [7, 11) is 1.95. The van der Waals surface area contributed by atoms with Crippen molar-refractivity contribution in [3.05, 3.63) is 10.6 Å². The van der Waals surface area contributed by atoms with Crippen LogP contribution in [-0.4, -0.2) is 29.1 Å². The molecule has 1 unspecified atom stereocenters. The number of hydrogen-bond acceptors (Lipinski definition) is 4. The van der Waals surface area contributed by atoms with E-state index in [1.54, 1.807) is 6.92 Å². The fourth-order valence-corrected chi connectivity index (χ4v) is 2.30. The minimum absolute atomic E-state index is 0.169. The van der Waals surface area contributed by atoms with Crippen molar-refractivity contribution in [1.82, 2.24) is 4.98 Å². The minimum Gasteiger partial charge on any atom is -0.476 e. The summed E-state index contributed by atoms with van der Waals surface area (Å²) in [5, 5.41) is 9.71. The average molecular weight is 242 g/mol. The first-order valence-electron chi connectivity index (χ1n) is 5.28. The zero-order valence-electron chi connectivity index (χ0n) is 10.3. The van der Waals surface area contributed by atoms with Crippen LogP contribution in [-0.2, 0) is 0 Å². The van der Waals surface area contributed by atoms with Gasteiger partial charge in [0, 0.05) is 18.0 Å². The quantitative estimate of drug-likeness (QED) is 0.881. The van der Waals surface area contributed by atoms with Crippen LogP contribution >= 0.6 is 11.3 Å². The summed E-state index contributed by atoms with van der Waals surface area (Å²) in [5.41, 5.74) is 0.169. The topological polar surface area (TPSA) is 53.4 Å². The number of hydrogen-bond donors (Lipinski definition) is 1. The van der Waals surface area contributed by atoms with Crippen LogP contribution in [0.3, 0.4) is 0 Å². The molecule has 0 radical (unpaired) electrons. The molecular formula is C11H18N2O2S. The first-order valence-corrected chi connectivity index (χ1v) is 6.09. The molecule has 1 heterocycles. The molecule has 0 amide bonds. The highest BCUT2D eigenvalue weighted by atomic mass is 32.1. The highest BCUT2D eigenvalue weighted by Crippen LogP contribution is 2.27. The highest BCUT2D eigenvalue weighted by molar-refractivity contribution is 7.15. The lowest BCUT2D eigenvalue weighted by Crippen LogP contribution is -2.33. The number of carboxylic acid groups (broad SMARTS) is 1. The standard InChI is InChI=1S/C11H18N2O2S/c1-6(2)7(3)13(5)11-12-9(10(14)15)8(4)16-11/h6-7H,1-5H3,(H,14,15). The van der Waals surface area contributed by atoms with Gasteiger partial charge in [-0.25, -0.2) is 9.78 Å². The van der Waals surface area contributed by atoms with E-state index in [0.29, 0.717) is 12.0 Å². The predicted molar refractivity (Wildman–Crippen MR) is 66.5 cm³/mol. The fraction of sp³-hybridized carbons (Fsp3) is 0.636. The Morgan fingerprint density at radius 1 is 1.44 bits per heavy atom. The number of aromatic carboxylic acids is 1. The van der Waals surface area contributed by atoms with Crippen molar-refractivity contribution in [2.24, 2.45) is 5.92 Å². The van der Waals surface area contributed by atoms with E-state index < -0.39 is 5.97 Å². The lowest BCUT2D eigenvalue weighted by molar-refractivity contribution is 0.0690. The fourth-order valence-electron chi connectivity index (χ4n) is 1.35. The molecule has 0 aliphatic rings. The molecule has 1 N–H and O–H groups in total. The van der Waals surface area contributed by atoms with Crippen LogP contribution in [0.1, 0.15) is 36.1 Å². The molecule has 0 saturated heterocycles. The molecule has 0 bridgehead atoms. The second-order valence-electron chi connectivity index (χ2n) is 4.30. The van der Waals surface area contributed by atoms with E-state index >= 15 is 0 Å². The van der Waals surface area contributed by atoms with Crippen molar-refractivity contribution in [3.8, 4) is 0 Å². The molecule has 1 atom stereocenters. The molecule has 1 aromatic heterocycles. The molecule has 0 spiro atoms. The van der Waals surface area contributed by atoms with Gasteiger partial charge in [-0.15, -0.1) is 11.3 Å². The number of aryl methyl sites for hydroxylation is 1. The van der Waals surface area contributed by atoms with Crippen molar-refractivity contribution in [3.63, 3.8) is 0 Å². The Morgan fingerprint density at radius 3 is 2.38 bits per heavy atom. The van der Waals surface area contributed by atoms with Crippen LogP contribution in [0.5, 0.6) is 0 Å². The Kier molecular flexibility index (Phi) is 3.91. The smallest absolute Gasteiger partial charge is 0.355 e. The van der Waals surface area contributed by atoms with Gasteiger partial charge in [0.1, 0.15) is 0 Å². The first kappa shape index (κ1) is 13.0. The SMILES string of the molecule is Cc1sc(N(C)C(C)C(C)C)nc1C(=O)O. The van der Waals surface area contributed by atoms with Crippen molar-refractivity contribution in [1.29, 1.82) is 0 Å². The van der Waals surface area contributed by atoms with Crippen molar-refractivity contribution in [2.75, 3.05) is 11.9 Å². The van der Waals surface area contributed by atoms with E-state index in [4.69, 9.17) is 5.11 Å². The van der Waals surface area contributed by atoms with Gasteiger partial charge in [0.2, 0.25) is 0 Å². The summed E-state index contributed by atoms with van der Waals surface area (Å²) in [5.74, 6) is -0.451. The van der Waals surface area contributed by atoms with Crippen LogP contribution in [0.25, 0.3) is 0 Å². The molecule has 0 fully saturated rings. The molecule has 1 rings (SSSR count). The molecule has 4 nitrogen and oxygen atoms in total. The molecule has 0 aliphatic heterocycles. The summed E-state index contributed by atoms with van der Waals surface area (Å²) >= 11 is 1.43. The molecule has 0 saturated carbocycles. The molecule has 1 aromatic rings. The molecule has 0 aliphatic carbocycles. The summed E-state index contributed by atoms with van der Waals surface area (Å²) < 4.78 is 0. The van der Waals surface area contributed by atoms with Gasteiger partial charge in [-0.1, -0.05) is 13.8 Å². The number of carboxylic acids is 1. The Labute approximate surface area is 99.9 Å². The molecule has 16 heavy (non-hydrogen) atoms. The monoisotopic (exact) mass is 242 g/mol. The van der Waals surface area contributed by atoms with E-state index in [-0.39, 0.29) is 5.69 Å². The Morgan fingerprint density at radius 2 is 2.00 bits per heavy atom. The molecule has 90 valence electrons. The van der Waals surface area contributed by atoms with Gasteiger partial charge in [0.15, 0.2) is 10.8 Å². The van der Waals surface area contributed by atoms with Crippen molar-refractivity contribution >= 4 is 22.4 Å². The van der Waals surface area contributed by atoms with Crippen molar-refractivity contribution in [2.45, 2.75) is 33.7 Å². The number of anilines is 1. The number of nitrogens with zero attached hydrogens (tertiary/aromatic N) is 2. The molecule has 5 heteroatoms. The number of aromatic nitrogens is 1. The summed E-state index contributed by atoms with van der Waals surface area (Å²) in [6.45, 7) is 8.18. The zero-order chi connectivity index (χ0) is 12.5. The lowest BCUT2D eigenvalue weighted by atomic mass is 10.1. The van der Waals surface area contributed by atoms with Gasteiger partial charge in [-0.3, -0.25) is 0 Å². The van der Waals surface area contributed by atoms with Gasteiger partial charge in [0.05, 0.1) is 0 Å². The maximum absolute atomic E-state index is 10.9. The third-order valence-corrected chi connectivity index (χ3v) is 3.93. The second kappa shape index (κ2) is 4.82. The third-order valence-electron chi connectivity index (χ3n) is 2.87. The highest BCUT2D eigenvalue weighted by Gasteiger charge is 2.20. The van der Waals surface area contributed by atoms with Crippen LogP contribution in [0.4, 0.5) is 5.13 Å². The Bertz CT molecular complexity index is 387. The molecular weight excluding hydrogens is 224 g/mol. The number of rotatable bonds is 4. The summed E-state index contributed by atoms with van der Waals surface area (Å²) in [4.78, 5) is 17.8. The number of carbonyl (C=O) groups is 1. The zero-order valence-corrected chi connectivity index (χ0v) is 11.1. The Balaban J connectivity index is 2.97. The van der Waals surface area contributed by atoms with Crippen LogP contribution in [0, 0.1) is 12.8 Å². The van der Waals surface area contributed by atoms with E-state index in [0.717, 1.165) is 10.0 Å². The van der Waals surface area contributed by atoms with E-state index in [1.807, 2.05) is 11.9 Å². The first-order chi connectivity index (χ1) is 7.34. The average Bonchev–Trinajstić information content (AvgIpc) is 2.58. The maximum Gasteiger partial charge on any atom is 0.355 e. The molecule has 0 aromatic carbocycles. The largest absolute Gasteiger partial charge is 0.476 e. The van der Waals surface area contributed by atoms with Gasteiger partial charge < -0.3 is 10.0 Å². The normalized spacial score (nSPS) is 12.9. The predicted octanol–water partition coefficient (Wildman–Crippen LogP) is 2.63. The van der Waals surface area contributed by atoms with Crippen LogP contribution in [0.15, 0.2) is 0 Å². The van der Waals surface area contributed by atoms with Gasteiger partial charge in [0.25, 0.3) is 0 Å². The van der Waals surface area contributed by atoms with Gasteiger partial charge in [-0.05, 0) is 19.8 Å². The van der Waals surface area contributed by atoms with E-state index in [1.165, 1.54) is 11.3 Å². The Hall–Kier alpha value is -1.10.